The van der Waals surface area contributed by atoms with Crippen LogP contribution in [0.5, 0.6) is 0 Å². The van der Waals surface area contributed by atoms with Crippen LogP contribution in [0.2, 0.25) is 0 Å². The molecule has 1 unspecified atom stereocenters. The predicted molar refractivity (Wildman–Crippen MR) is 80.8 cm³/mol. The van der Waals surface area contributed by atoms with Gasteiger partial charge in [0.15, 0.2) is 0 Å². The maximum Gasteiger partial charge on any atom is 0.0641 e. The second-order valence-electron chi connectivity index (χ2n) is 5.03. The van der Waals surface area contributed by atoms with Gasteiger partial charge in [-0.25, -0.2) is 0 Å². The zero-order valence-corrected chi connectivity index (χ0v) is 12.3. The lowest BCUT2D eigenvalue weighted by atomic mass is 10.0. The lowest BCUT2D eigenvalue weighted by Gasteiger charge is -2.30. The van der Waals surface area contributed by atoms with Crippen LogP contribution in [0.3, 0.4) is 0 Å². The lowest BCUT2D eigenvalue weighted by molar-refractivity contribution is 0.193. The van der Waals surface area contributed by atoms with Gasteiger partial charge in [0.05, 0.1) is 12.5 Å². The molecule has 2 heteroatoms. The van der Waals surface area contributed by atoms with E-state index in [4.69, 9.17) is 5.26 Å². The summed E-state index contributed by atoms with van der Waals surface area (Å²) in [6.45, 7) is 6.63. The molecule has 0 aliphatic carbocycles. The summed E-state index contributed by atoms with van der Waals surface area (Å²) in [5.74, 6) is 0. The van der Waals surface area contributed by atoms with Gasteiger partial charge in [0, 0.05) is 6.04 Å². The van der Waals surface area contributed by atoms with Crippen molar-refractivity contribution in [3.05, 3.63) is 35.9 Å². The highest BCUT2D eigenvalue weighted by Crippen LogP contribution is 2.24. The molecule has 104 valence electrons. The van der Waals surface area contributed by atoms with Gasteiger partial charge in [0.25, 0.3) is 0 Å². The lowest BCUT2D eigenvalue weighted by Crippen LogP contribution is -2.30. The summed E-state index contributed by atoms with van der Waals surface area (Å²) < 4.78 is 0. The molecule has 0 radical (unpaired) electrons. The van der Waals surface area contributed by atoms with Crippen LogP contribution in [0.4, 0.5) is 0 Å². The number of nitriles is 1. The van der Waals surface area contributed by atoms with Crippen LogP contribution in [-0.2, 0) is 0 Å². The van der Waals surface area contributed by atoms with E-state index >= 15 is 0 Å². The van der Waals surface area contributed by atoms with E-state index in [1.54, 1.807) is 0 Å². The monoisotopic (exact) mass is 258 g/mol. The van der Waals surface area contributed by atoms with Crippen molar-refractivity contribution in [2.45, 2.75) is 52.0 Å². The third kappa shape index (κ3) is 5.44. The van der Waals surface area contributed by atoms with E-state index in [2.05, 4.69) is 49.1 Å². The molecule has 0 fully saturated rings. The van der Waals surface area contributed by atoms with Gasteiger partial charge < -0.3 is 0 Å². The Balaban J connectivity index is 2.81. The van der Waals surface area contributed by atoms with Crippen molar-refractivity contribution < 1.29 is 0 Å². The van der Waals surface area contributed by atoms with Crippen LogP contribution in [0, 0.1) is 11.3 Å². The van der Waals surface area contributed by atoms with Gasteiger partial charge in [-0.2, -0.15) is 5.26 Å². The first-order valence-corrected chi connectivity index (χ1v) is 7.49. The third-order valence-electron chi connectivity index (χ3n) is 3.51. The van der Waals surface area contributed by atoms with E-state index in [1.165, 1.54) is 31.2 Å². The molecular formula is C17H26N2. The van der Waals surface area contributed by atoms with Crippen molar-refractivity contribution in [2.24, 2.45) is 0 Å². The first-order chi connectivity index (χ1) is 9.33. The Morgan fingerprint density at radius 2 is 1.63 bits per heavy atom. The summed E-state index contributed by atoms with van der Waals surface area (Å²) in [4.78, 5) is 2.49. The topological polar surface area (TPSA) is 27.0 Å². The average molecular weight is 258 g/mol. The minimum Gasteiger partial charge on any atom is -0.295 e. The Kier molecular flexibility index (Phi) is 7.93. The second-order valence-corrected chi connectivity index (χ2v) is 5.03. The summed E-state index contributed by atoms with van der Waals surface area (Å²) in [5, 5.41) is 9.12. The quantitative estimate of drug-likeness (QED) is 0.650. The SMILES string of the molecule is CCCCN(CCCC)C(CC#N)c1ccccc1. The molecule has 0 aromatic heterocycles. The molecule has 2 nitrogen and oxygen atoms in total. The highest BCUT2D eigenvalue weighted by atomic mass is 15.1. The van der Waals surface area contributed by atoms with Gasteiger partial charge in [-0.15, -0.1) is 0 Å². The van der Waals surface area contributed by atoms with Crippen molar-refractivity contribution in [1.82, 2.24) is 4.90 Å². The number of unbranched alkanes of at least 4 members (excludes halogenated alkanes) is 2. The van der Waals surface area contributed by atoms with Crippen LogP contribution >= 0.6 is 0 Å². The first kappa shape index (κ1) is 15.7. The normalized spacial score (nSPS) is 12.3. The van der Waals surface area contributed by atoms with Crippen molar-refractivity contribution in [3.8, 4) is 6.07 Å². The summed E-state index contributed by atoms with van der Waals surface area (Å²) in [7, 11) is 0. The van der Waals surface area contributed by atoms with E-state index in [1.807, 2.05) is 6.07 Å². The number of benzene rings is 1. The summed E-state index contributed by atoms with van der Waals surface area (Å²) in [6.07, 6.45) is 5.40. The number of nitrogens with zero attached hydrogens (tertiary/aromatic N) is 2. The standard InChI is InChI=1S/C17H26N2/c1-3-5-14-19(15-6-4-2)17(12-13-18)16-10-8-7-9-11-16/h7-11,17H,3-6,12,14-15H2,1-2H3. The van der Waals surface area contributed by atoms with Crippen molar-refractivity contribution >= 4 is 0 Å². The molecule has 0 aliphatic rings. The molecule has 0 saturated heterocycles. The van der Waals surface area contributed by atoms with E-state index < -0.39 is 0 Å². The first-order valence-electron chi connectivity index (χ1n) is 7.49. The zero-order chi connectivity index (χ0) is 13.9. The molecule has 19 heavy (non-hydrogen) atoms. The molecular weight excluding hydrogens is 232 g/mol. The smallest absolute Gasteiger partial charge is 0.0641 e. The molecule has 0 saturated carbocycles. The van der Waals surface area contributed by atoms with Crippen LogP contribution in [-0.4, -0.2) is 18.0 Å². The maximum absolute atomic E-state index is 9.12. The van der Waals surface area contributed by atoms with Crippen molar-refractivity contribution in [2.75, 3.05) is 13.1 Å². The minimum atomic E-state index is 0.254. The van der Waals surface area contributed by atoms with Crippen LogP contribution in [0.1, 0.15) is 57.6 Å². The average Bonchev–Trinajstić information content (AvgIpc) is 2.46. The predicted octanol–water partition coefficient (Wildman–Crippen LogP) is 4.54. The Bertz CT molecular complexity index is 359. The van der Waals surface area contributed by atoms with Gasteiger partial charge in [0.1, 0.15) is 0 Å². The van der Waals surface area contributed by atoms with E-state index in [0.29, 0.717) is 6.42 Å². The van der Waals surface area contributed by atoms with Gasteiger partial charge in [-0.3, -0.25) is 4.90 Å². The molecule has 1 aromatic rings. The molecule has 0 N–H and O–H groups in total. The fourth-order valence-corrected chi connectivity index (χ4v) is 2.37. The van der Waals surface area contributed by atoms with Gasteiger partial charge in [0.2, 0.25) is 0 Å². The molecule has 0 bridgehead atoms. The van der Waals surface area contributed by atoms with E-state index in [0.717, 1.165) is 13.1 Å². The molecule has 1 aromatic carbocycles. The fraction of sp³-hybridized carbons (Fsp3) is 0.588. The number of hydrogen-bond acceptors (Lipinski definition) is 2. The van der Waals surface area contributed by atoms with Gasteiger partial charge >= 0.3 is 0 Å². The Hall–Kier alpha value is -1.33. The van der Waals surface area contributed by atoms with Crippen LogP contribution in [0.15, 0.2) is 30.3 Å². The molecule has 0 heterocycles. The number of hydrogen-bond donors (Lipinski definition) is 0. The Morgan fingerprint density at radius 3 is 2.11 bits per heavy atom. The molecule has 0 amide bonds. The maximum atomic E-state index is 9.12. The largest absolute Gasteiger partial charge is 0.295 e. The van der Waals surface area contributed by atoms with Crippen LogP contribution in [0.25, 0.3) is 0 Å². The zero-order valence-electron chi connectivity index (χ0n) is 12.3. The summed E-state index contributed by atoms with van der Waals surface area (Å²) in [5.41, 5.74) is 1.27. The third-order valence-corrected chi connectivity index (χ3v) is 3.51. The number of rotatable bonds is 9. The highest BCUT2D eigenvalue weighted by molar-refractivity contribution is 5.20. The fourth-order valence-electron chi connectivity index (χ4n) is 2.37. The molecule has 1 rings (SSSR count). The summed E-state index contributed by atoms with van der Waals surface area (Å²) >= 11 is 0. The Morgan fingerprint density at radius 1 is 1.05 bits per heavy atom. The van der Waals surface area contributed by atoms with E-state index in [-0.39, 0.29) is 6.04 Å². The molecule has 0 spiro atoms. The summed E-state index contributed by atoms with van der Waals surface area (Å²) in [6, 6.07) is 13.1. The van der Waals surface area contributed by atoms with Crippen LogP contribution < -0.4 is 0 Å². The van der Waals surface area contributed by atoms with E-state index in [9.17, 15) is 0 Å². The van der Waals surface area contributed by atoms with Gasteiger partial charge in [-0.05, 0) is 31.5 Å². The highest BCUT2D eigenvalue weighted by Gasteiger charge is 2.19. The molecule has 0 aliphatic heterocycles. The molecule has 1 atom stereocenters. The second kappa shape index (κ2) is 9.58. The van der Waals surface area contributed by atoms with Crippen molar-refractivity contribution in [3.63, 3.8) is 0 Å². The van der Waals surface area contributed by atoms with Crippen molar-refractivity contribution in [1.29, 1.82) is 5.26 Å². The van der Waals surface area contributed by atoms with Gasteiger partial charge in [-0.1, -0.05) is 57.0 Å². The minimum absolute atomic E-state index is 0.254. The Labute approximate surface area is 118 Å².